The lowest BCUT2D eigenvalue weighted by molar-refractivity contribution is -0.118. The predicted octanol–water partition coefficient (Wildman–Crippen LogP) is 2.52. The summed E-state index contributed by atoms with van der Waals surface area (Å²) in [6.07, 6.45) is 7.37. The van der Waals surface area contributed by atoms with Crippen LogP contribution in [0.15, 0.2) is 0 Å². The third-order valence-corrected chi connectivity index (χ3v) is 3.01. The molecule has 2 nitrogen and oxygen atoms in total. The lowest BCUT2D eigenvalue weighted by atomic mass is 10.0. The molecule has 0 aromatic heterocycles. The van der Waals surface area contributed by atoms with Crippen LogP contribution in [0, 0.1) is 5.92 Å². The SMILES string of the molecule is CC(C)NCC(=O)CCC1CCCC1. The molecule has 1 aliphatic rings. The number of rotatable bonds is 6. The van der Waals surface area contributed by atoms with Crippen molar-refractivity contribution in [3.05, 3.63) is 0 Å². The number of hydrogen-bond acceptors (Lipinski definition) is 2. The first-order valence-electron chi connectivity index (χ1n) is 5.93. The Bertz CT molecular complexity index is 171. The number of Topliss-reactive ketones (excluding diaryl/α,β-unsaturated/α-hetero) is 1. The summed E-state index contributed by atoms with van der Waals surface area (Å²) in [4.78, 5) is 11.4. The molecule has 0 saturated heterocycles. The molecule has 1 N–H and O–H groups in total. The molecule has 0 radical (unpaired) electrons. The zero-order valence-corrected chi connectivity index (χ0v) is 9.51. The van der Waals surface area contributed by atoms with E-state index in [0.29, 0.717) is 18.4 Å². The summed E-state index contributed by atoms with van der Waals surface area (Å²) in [5.74, 6) is 1.23. The number of hydrogen-bond donors (Lipinski definition) is 1. The van der Waals surface area contributed by atoms with E-state index >= 15 is 0 Å². The van der Waals surface area contributed by atoms with E-state index in [-0.39, 0.29) is 0 Å². The number of carbonyl (C=O) groups is 1. The molecular weight excluding hydrogens is 174 g/mol. The quantitative estimate of drug-likeness (QED) is 0.709. The average Bonchev–Trinajstić information content (AvgIpc) is 2.63. The molecular formula is C12H23NO. The third-order valence-electron chi connectivity index (χ3n) is 3.01. The van der Waals surface area contributed by atoms with Crippen LogP contribution in [0.3, 0.4) is 0 Å². The van der Waals surface area contributed by atoms with Gasteiger partial charge in [0, 0.05) is 12.5 Å². The van der Waals surface area contributed by atoms with Gasteiger partial charge in [0.15, 0.2) is 0 Å². The minimum atomic E-state index is 0.380. The molecule has 0 aliphatic heterocycles. The second-order valence-corrected chi connectivity index (χ2v) is 4.76. The van der Waals surface area contributed by atoms with Gasteiger partial charge < -0.3 is 5.32 Å². The van der Waals surface area contributed by atoms with Crippen molar-refractivity contribution in [1.29, 1.82) is 0 Å². The minimum Gasteiger partial charge on any atom is -0.308 e. The van der Waals surface area contributed by atoms with Gasteiger partial charge in [-0.1, -0.05) is 39.5 Å². The largest absolute Gasteiger partial charge is 0.308 e. The van der Waals surface area contributed by atoms with Crippen LogP contribution >= 0.6 is 0 Å². The first kappa shape index (κ1) is 11.7. The fourth-order valence-corrected chi connectivity index (χ4v) is 2.07. The van der Waals surface area contributed by atoms with Crippen molar-refractivity contribution >= 4 is 5.78 Å². The Hall–Kier alpha value is -0.370. The summed E-state index contributed by atoms with van der Waals surface area (Å²) in [5.41, 5.74) is 0. The smallest absolute Gasteiger partial charge is 0.146 e. The maximum Gasteiger partial charge on any atom is 0.146 e. The summed E-state index contributed by atoms with van der Waals surface area (Å²) in [6.45, 7) is 4.71. The molecule has 0 atom stereocenters. The monoisotopic (exact) mass is 197 g/mol. The molecule has 14 heavy (non-hydrogen) atoms. The van der Waals surface area contributed by atoms with E-state index < -0.39 is 0 Å². The first-order valence-corrected chi connectivity index (χ1v) is 5.93. The molecule has 0 heterocycles. The lowest BCUT2D eigenvalue weighted by Crippen LogP contribution is -2.29. The molecule has 0 unspecified atom stereocenters. The predicted molar refractivity (Wildman–Crippen MR) is 59.3 cm³/mol. The molecule has 0 aromatic rings. The highest BCUT2D eigenvalue weighted by atomic mass is 16.1. The topological polar surface area (TPSA) is 29.1 Å². The third kappa shape index (κ3) is 4.75. The van der Waals surface area contributed by atoms with Crippen LogP contribution in [0.5, 0.6) is 0 Å². The summed E-state index contributed by atoms with van der Waals surface area (Å²) >= 11 is 0. The molecule has 0 bridgehead atoms. The molecule has 0 amide bonds. The molecule has 0 spiro atoms. The number of nitrogens with one attached hydrogen (secondary N) is 1. The van der Waals surface area contributed by atoms with E-state index in [1.807, 2.05) is 0 Å². The fraction of sp³-hybridized carbons (Fsp3) is 0.917. The van der Waals surface area contributed by atoms with E-state index in [9.17, 15) is 4.79 Å². The zero-order valence-electron chi connectivity index (χ0n) is 9.51. The van der Waals surface area contributed by atoms with E-state index in [1.54, 1.807) is 0 Å². The Morgan fingerprint density at radius 2 is 2.00 bits per heavy atom. The molecule has 82 valence electrons. The van der Waals surface area contributed by atoms with Gasteiger partial charge in [-0.25, -0.2) is 0 Å². The van der Waals surface area contributed by atoms with E-state index in [1.165, 1.54) is 25.7 Å². The van der Waals surface area contributed by atoms with Gasteiger partial charge in [0.1, 0.15) is 5.78 Å². The van der Waals surface area contributed by atoms with Crippen LogP contribution in [0.2, 0.25) is 0 Å². The van der Waals surface area contributed by atoms with Crippen molar-refractivity contribution in [2.75, 3.05) is 6.54 Å². The lowest BCUT2D eigenvalue weighted by Gasteiger charge is -2.09. The van der Waals surface area contributed by atoms with Crippen molar-refractivity contribution < 1.29 is 4.79 Å². The van der Waals surface area contributed by atoms with Gasteiger partial charge in [0.25, 0.3) is 0 Å². The average molecular weight is 197 g/mol. The van der Waals surface area contributed by atoms with Crippen LogP contribution in [0.25, 0.3) is 0 Å². The van der Waals surface area contributed by atoms with Gasteiger partial charge >= 0.3 is 0 Å². The molecule has 1 rings (SSSR count). The van der Waals surface area contributed by atoms with Crippen molar-refractivity contribution in [2.45, 2.75) is 58.4 Å². The highest BCUT2D eigenvalue weighted by Gasteiger charge is 2.15. The second kappa shape index (κ2) is 6.18. The fourth-order valence-electron chi connectivity index (χ4n) is 2.07. The van der Waals surface area contributed by atoms with Gasteiger partial charge in [-0.3, -0.25) is 4.79 Å². The number of ketones is 1. The maximum atomic E-state index is 11.4. The highest BCUT2D eigenvalue weighted by Crippen LogP contribution is 2.28. The molecule has 0 aromatic carbocycles. The van der Waals surface area contributed by atoms with Crippen molar-refractivity contribution in [3.8, 4) is 0 Å². The normalized spacial score (nSPS) is 17.9. The first-order chi connectivity index (χ1) is 6.68. The van der Waals surface area contributed by atoms with Gasteiger partial charge in [0.2, 0.25) is 0 Å². The Labute approximate surface area is 87.5 Å². The van der Waals surface area contributed by atoms with Crippen LogP contribution < -0.4 is 5.32 Å². The summed E-state index contributed by atoms with van der Waals surface area (Å²) in [5, 5.41) is 3.17. The number of carbonyl (C=O) groups excluding carboxylic acids is 1. The van der Waals surface area contributed by atoms with E-state index in [0.717, 1.165) is 18.8 Å². The molecule has 2 heteroatoms. The van der Waals surface area contributed by atoms with E-state index in [2.05, 4.69) is 19.2 Å². The summed E-state index contributed by atoms with van der Waals surface area (Å²) < 4.78 is 0. The summed E-state index contributed by atoms with van der Waals surface area (Å²) in [6, 6.07) is 0.422. The Balaban J connectivity index is 2.02. The van der Waals surface area contributed by atoms with Crippen molar-refractivity contribution in [3.63, 3.8) is 0 Å². The van der Waals surface area contributed by atoms with Crippen LogP contribution in [-0.2, 0) is 4.79 Å². The van der Waals surface area contributed by atoms with Gasteiger partial charge in [-0.2, -0.15) is 0 Å². The van der Waals surface area contributed by atoms with Crippen LogP contribution in [0.4, 0.5) is 0 Å². The van der Waals surface area contributed by atoms with Gasteiger partial charge in [-0.15, -0.1) is 0 Å². The van der Waals surface area contributed by atoms with Crippen LogP contribution in [-0.4, -0.2) is 18.4 Å². The van der Waals surface area contributed by atoms with Gasteiger partial charge in [0.05, 0.1) is 6.54 Å². The van der Waals surface area contributed by atoms with Crippen LogP contribution in [0.1, 0.15) is 52.4 Å². The molecule has 1 fully saturated rings. The summed E-state index contributed by atoms with van der Waals surface area (Å²) in [7, 11) is 0. The molecule has 1 saturated carbocycles. The zero-order chi connectivity index (χ0) is 10.4. The molecule has 1 aliphatic carbocycles. The Morgan fingerprint density at radius 1 is 1.36 bits per heavy atom. The van der Waals surface area contributed by atoms with Gasteiger partial charge in [-0.05, 0) is 12.3 Å². The minimum absolute atomic E-state index is 0.380. The second-order valence-electron chi connectivity index (χ2n) is 4.76. The standard InChI is InChI=1S/C12H23NO/c1-10(2)13-9-12(14)8-7-11-5-3-4-6-11/h10-11,13H,3-9H2,1-2H3. The van der Waals surface area contributed by atoms with E-state index in [4.69, 9.17) is 0 Å². The Kier molecular flexibility index (Phi) is 5.16. The van der Waals surface area contributed by atoms with Crippen molar-refractivity contribution in [2.24, 2.45) is 5.92 Å². The maximum absolute atomic E-state index is 11.4. The highest BCUT2D eigenvalue weighted by molar-refractivity contribution is 5.80. The van der Waals surface area contributed by atoms with Crippen molar-refractivity contribution in [1.82, 2.24) is 5.32 Å². The Morgan fingerprint density at radius 3 is 2.57 bits per heavy atom.